The minimum absolute atomic E-state index is 0.0460. The number of halogens is 1. The lowest BCUT2D eigenvalue weighted by atomic mass is 10.1. The van der Waals surface area contributed by atoms with Crippen molar-refractivity contribution in [3.63, 3.8) is 0 Å². The summed E-state index contributed by atoms with van der Waals surface area (Å²) in [7, 11) is 0. The maximum Gasteiger partial charge on any atom is 0.0755 e. The summed E-state index contributed by atoms with van der Waals surface area (Å²) < 4.78 is 6.49. The second kappa shape index (κ2) is 7.24. The van der Waals surface area contributed by atoms with Gasteiger partial charge in [0, 0.05) is 17.6 Å². The maximum atomic E-state index is 9.44. The van der Waals surface area contributed by atoms with Crippen molar-refractivity contribution in [2.75, 3.05) is 37.8 Å². The number of aliphatic hydroxyl groups excluding tert-OH is 1. The molecule has 1 aromatic carbocycles. The molecule has 1 aromatic rings. The summed E-state index contributed by atoms with van der Waals surface area (Å²) in [6.45, 7) is 6.17. The highest BCUT2D eigenvalue weighted by Crippen LogP contribution is 2.29. The van der Waals surface area contributed by atoms with Crippen molar-refractivity contribution in [3.8, 4) is 0 Å². The molecule has 2 rings (SSSR count). The zero-order valence-corrected chi connectivity index (χ0v) is 12.8. The fourth-order valence-electron chi connectivity index (χ4n) is 2.29. The first-order valence-electron chi connectivity index (χ1n) is 6.70. The van der Waals surface area contributed by atoms with Crippen molar-refractivity contribution < 1.29 is 9.84 Å². The van der Waals surface area contributed by atoms with E-state index in [0.29, 0.717) is 13.2 Å². The highest BCUT2D eigenvalue weighted by Gasteiger charge is 2.23. The number of rotatable bonds is 5. The van der Waals surface area contributed by atoms with Gasteiger partial charge < -0.3 is 20.1 Å². The van der Waals surface area contributed by atoms with Gasteiger partial charge >= 0.3 is 0 Å². The van der Waals surface area contributed by atoms with E-state index in [4.69, 9.17) is 4.74 Å². The number of benzene rings is 1. The Morgan fingerprint density at radius 2 is 2.37 bits per heavy atom. The predicted molar refractivity (Wildman–Crippen MR) is 80.6 cm³/mol. The summed E-state index contributed by atoms with van der Waals surface area (Å²) in [5, 5.41) is 12.8. The Labute approximate surface area is 122 Å². The first-order valence-corrected chi connectivity index (χ1v) is 7.50. The lowest BCUT2D eigenvalue weighted by Gasteiger charge is -2.37. The molecule has 1 fully saturated rings. The van der Waals surface area contributed by atoms with Crippen molar-refractivity contribution >= 4 is 21.6 Å². The van der Waals surface area contributed by atoms with Gasteiger partial charge in [-0.3, -0.25) is 0 Å². The monoisotopic (exact) mass is 328 g/mol. The third-order valence-corrected chi connectivity index (χ3v) is 3.97. The number of nitrogens with one attached hydrogen (secondary N) is 1. The standard InChI is InChI=1S/C14H21BrN2O2/c1-2-16-8-11-3-4-14(13(15)7-11)17-5-6-19-10-12(17)9-18/h3-4,7,12,16,18H,2,5-6,8-10H2,1H3. The number of hydrogen-bond acceptors (Lipinski definition) is 4. The lowest BCUT2D eigenvalue weighted by molar-refractivity contribution is 0.0726. The summed E-state index contributed by atoms with van der Waals surface area (Å²) in [4.78, 5) is 2.21. The van der Waals surface area contributed by atoms with Gasteiger partial charge in [0.1, 0.15) is 0 Å². The summed E-state index contributed by atoms with van der Waals surface area (Å²) in [6.07, 6.45) is 0. The van der Waals surface area contributed by atoms with Crippen LogP contribution in [0.1, 0.15) is 12.5 Å². The van der Waals surface area contributed by atoms with Crippen LogP contribution >= 0.6 is 15.9 Å². The van der Waals surface area contributed by atoms with Crippen molar-refractivity contribution in [3.05, 3.63) is 28.2 Å². The number of anilines is 1. The molecule has 106 valence electrons. The Hall–Kier alpha value is -0.620. The first kappa shape index (κ1) is 14.8. The largest absolute Gasteiger partial charge is 0.394 e. The molecule has 2 N–H and O–H groups in total. The number of aliphatic hydroxyl groups is 1. The summed E-state index contributed by atoms with van der Waals surface area (Å²) in [5.41, 5.74) is 2.38. The normalized spacial score (nSPS) is 19.7. The van der Waals surface area contributed by atoms with E-state index in [2.05, 4.69) is 51.3 Å². The predicted octanol–water partition coefficient (Wildman–Crippen LogP) is 1.76. The lowest BCUT2D eigenvalue weighted by Crippen LogP contribution is -2.47. The first-order chi connectivity index (χ1) is 9.26. The molecule has 19 heavy (non-hydrogen) atoms. The highest BCUT2D eigenvalue weighted by molar-refractivity contribution is 9.10. The second-order valence-corrected chi connectivity index (χ2v) is 5.53. The van der Waals surface area contributed by atoms with Crippen LogP contribution in [0.2, 0.25) is 0 Å². The molecular formula is C14H21BrN2O2. The maximum absolute atomic E-state index is 9.44. The average Bonchev–Trinajstić information content (AvgIpc) is 2.45. The van der Waals surface area contributed by atoms with Gasteiger partial charge in [-0.25, -0.2) is 0 Å². The van der Waals surface area contributed by atoms with Gasteiger partial charge in [-0.15, -0.1) is 0 Å². The zero-order chi connectivity index (χ0) is 13.7. The van der Waals surface area contributed by atoms with E-state index in [9.17, 15) is 5.11 Å². The molecule has 0 bridgehead atoms. The molecule has 0 amide bonds. The van der Waals surface area contributed by atoms with Gasteiger partial charge in [-0.1, -0.05) is 13.0 Å². The van der Waals surface area contributed by atoms with Gasteiger partial charge in [-0.2, -0.15) is 0 Å². The van der Waals surface area contributed by atoms with Gasteiger partial charge in [0.15, 0.2) is 0 Å². The van der Waals surface area contributed by atoms with Crippen molar-refractivity contribution in [1.29, 1.82) is 0 Å². The van der Waals surface area contributed by atoms with Crippen LogP contribution in [0, 0.1) is 0 Å². The fourth-order valence-corrected chi connectivity index (χ4v) is 2.94. The Kier molecular flexibility index (Phi) is 5.63. The van der Waals surface area contributed by atoms with E-state index in [-0.39, 0.29) is 12.6 Å². The molecule has 1 heterocycles. The molecule has 0 radical (unpaired) electrons. The smallest absolute Gasteiger partial charge is 0.0755 e. The van der Waals surface area contributed by atoms with Crippen molar-refractivity contribution in [2.45, 2.75) is 19.5 Å². The van der Waals surface area contributed by atoms with Crippen LogP contribution in [0.4, 0.5) is 5.69 Å². The molecule has 1 aliphatic rings. The average molecular weight is 329 g/mol. The molecule has 0 aliphatic carbocycles. The molecular weight excluding hydrogens is 308 g/mol. The van der Waals surface area contributed by atoms with Gasteiger partial charge in [0.2, 0.25) is 0 Å². The van der Waals surface area contributed by atoms with Crippen molar-refractivity contribution in [1.82, 2.24) is 5.32 Å². The van der Waals surface area contributed by atoms with E-state index < -0.39 is 0 Å². The quantitative estimate of drug-likeness (QED) is 0.864. The molecule has 0 spiro atoms. The number of hydrogen-bond donors (Lipinski definition) is 2. The number of ether oxygens (including phenoxy) is 1. The van der Waals surface area contributed by atoms with E-state index >= 15 is 0 Å². The van der Waals surface area contributed by atoms with E-state index in [1.807, 2.05) is 0 Å². The van der Waals surface area contributed by atoms with Crippen LogP contribution in [-0.4, -0.2) is 44.1 Å². The molecule has 1 aliphatic heterocycles. The molecule has 1 unspecified atom stereocenters. The molecule has 5 heteroatoms. The highest BCUT2D eigenvalue weighted by atomic mass is 79.9. The third kappa shape index (κ3) is 3.69. The van der Waals surface area contributed by atoms with Crippen LogP contribution < -0.4 is 10.2 Å². The Morgan fingerprint density at radius 3 is 3.05 bits per heavy atom. The summed E-state index contributed by atoms with van der Waals surface area (Å²) in [5.74, 6) is 0. The van der Waals surface area contributed by atoms with E-state index in [0.717, 1.165) is 29.8 Å². The van der Waals surface area contributed by atoms with Crippen LogP contribution in [0.25, 0.3) is 0 Å². The Morgan fingerprint density at radius 1 is 1.53 bits per heavy atom. The minimum Gasteiger partial charge on any atom is -0.394 e. The number of morpholine rings is 1. The third-order valence-electron chi connectivity index (χ3n) is 3.34. The van der Waals surface area contributed by atoms with E-state index in [1.165, 1.54) is 5.56 Å². The number of nitrogens with zero attached hydrogens (tertiary/aromatic N) is 1. The van der Waals surface area contributed by atoms with Gasteiger partial charge in [0.05, 0.1) is 31.5 Å². The Bertz CT molecular complexity index is 414. The minimum atomic E-state index is 0.0460. The van der Waals surface area contributed by atoms with E-state index in [1.54, 1.807) is 0 Å². The zero-order valence-electron chi connectivity index (χ0n) is 11.2. The van der Waals surface area contributed by atoms with Crippen molar-refractivity contribution in [2.24, 2.45) is 0 Å². The summed E-state index contributed by atoms with van der Waals surface area (Å²) >= 11 is 3.64. The van der Waals surface area contributed by atoms with Gasteiger partial charge in [0.25, 0.3) is 0 Å². The topological polar surface area (TPSA) is 44.7 Å². The van der Waals surface area contributed by atoms with Crippen LogP contribution in [0.3, 0.4) is 0 Å². The molecule has 0 aromatic heterocycles. The molecule has 1 saturated heterocycles. The van der Waals surface area contributed by atoms with Crippen LogP contribution in [0.15, 0.2) is 22.7 Å². The molecule has 1 atom stereocenters. The molecule has 4 nitrogen and oxygen atoms in total. The fraction of sp³-hybridized carbons (Fsp3) is 0.571. The summed E-state index contributed by atoms with van der Waals surface area (Å²) in [6, 6.07) is 6.43. The van der Waals surface area contributed by atoms with Gasteiger partial charge in [-0.05, 0) is 40.2 Å². The SMILES string of the molecule is CCNCc1ccc(N2CCOCC2CO)c(Br)c1. The second-order valence-electron chi connectivity index (χ2n) is 4.67. The van der Waals surface area contributed by atoms with Crippen LogP contribution in [0.5, 0.6) is 0 Å². The van der Waals surface area contributed by atoms with Crippen LogP contribution in [-0.2, 0) is 11.3 Å². The Balaban J connectivity index is 2.14. The molecule has 0 saturated carbocycles.